The first-order valence-corrected chi connectivity index (χ1v) is 22.2. The SMILES string of the molecule is COC(=O)N[C@H](C(=O)N1CCC[C@H]1c1ncc(-c2ccc3cc(-c4ccc(C5=CN=C([C@@H]6CC(F)(F)CN6C(=O)[C@H](NC(=O)OC)c6ccccc6)C5)cc4)ccc3c2)[nH]1)C1CCOCC1. The van der Waals surface area contributed by atoms with E-state index >= 15 is 8.78 Å². The fourth-order valence-electron chi connectivity index (χ4n) is 9.68. The van der Waals surface area contributed by atoms with E-state index in [9.17, 15) is 19.2 Å². The predicted molar refractivity (Wildman–Crippen MR) is 243 cm³/mol. The van der Waals surface area contributed by atoms with Gasteiger partial charge < -0.3 is 39.6 Å². The molecule has 5 aromatic rings. The minimum Gasteiger partial charge on any atom is -0.453 e. The van der Waals surface area contributed by atoms with Gasteiger partial charge in [-0.3, -0.25) is 14.6 Å². The highest BCUT2D eigenvalue weighted by molar-refractivity contribution is 6.04. The molecule has 0 radical (unpaired) electrons. The summed E-state index contributed by atoms with van der Waals surface area (Å²) >= 11 is 0. The maximum atomic E-state index is 15.1. The van der Waals surface area contributed by atoms with E-state index in [4.69, 9.17) is 19.2 Å². The normalized spacial score (nSPS) is 20.4. The van der Waals surface area contributed by atoms with E-state index in [1.165, 1.54) is 14.2 Å². The van der Waals surface area contributed by atoms with Crippen LogP contribution in [0.1, 0.15) is 67.6 Å². The number of aromatic nitrogens is 2. The number of aliphatic imine (C=N–C) groups is 1. The van der Waals surface area contributed by atoms with E-state index in [-0.39, 0.29) is 17.9 Å². The molecule has 3 saturated heterocycles. The quantitative estimate of drug-likeness (QED) is 0.119. The molecule has 342 valence electrons. The summed E-state index contributed by atoms with van der Waals surface area (Å²) in [6.07, 6.45) is 4.66. The second kappa shape index (κ2) is 18.9. The predicted octanol–water partition coefficient (Wildman–Crippen LogP) is 8.23. The van der Waals surface area contributed by atoms with E-state index in [1.807, 2.05) is 35.2 Å². The third-order valence-corrected chi connectivity index (χ3v) is 13.2. The molecule has 0 aliphatic carbocycles. The summed E-state index contributed by atoms with van der Waals surface area (Å²) in [7, 11) is 2.47. The molecule has 0 unspecified atom stereocenters. The summed E-state index contributed by atoms with van der Waals surface area (Å²) in [6, 6.07) is 25.9. The first kappa shape index (κ1) is 44.3. The number of halogens is 2. The molecule has 9 rings (SSSR count). The van der Waals surface area contributed by atoms with Gasteiger partial charge >= 0.3 is 12.2 Å². The van der Waals surface area contributed by atoms with Crippen LogP contribution in [0, 0.1) is 5.92 Å². The number of alkyl halides is 2. The molecule has 3 N–H and O–H groups in total. The van der Waals surface area contributed by atoms with E-state index in [1.54, 1.807) is 42.7 Å². The Kier molecular flexibility index (Phi) is 12.7. The molecule has 0 saturated carbocycles. The molecule has 4 atom stereocenters. The third kappa shape index (κ3) is 9.27. The second-order valence-corrected chi connectivity index (χ2v) is 17.3. The fourth-order valence-corrected chi connectivity index (χ4v) is 9.68. The maximum absolute atomic E-state index is 15.1. The Hall–Kier alpha value is -6.94. The van der Waals surface area contributed by atoms with Crippen molar-refractivity contribution in [1.82, 2.24) is 30.4 Å². The number of amides is 4. The van der Waals surface area contributed by atoms with Crippen LogP contribution in [-0.2, 0) is 23.8 Å². The van der Waals surface area contributed by atoms with Gasteiger partial charge in [-0.05, 0) is 82.3 Å². The smallest absolute Gasteiger partial charge is 0.407 e. The standard InChI is InChI=1S/C50H51F2N7O7/c1-64-48(62)56-43(32-7-4-3-5-8-32)47(61)59-29-50(51,52)26-42(59)39-25-38(27-53-39)31-12-10-30(11-13-31)34-14-15-36-24-37(17-16-35(36)23-34)40-28-54-45(55-40)41-9-6-20-58(41)46(60)44(57-49(63)65-2)33-18-21-66-22-19-33/h3-5,7-8,10-17,23-24,27-28,33,41-44H,6,9,18-22,25-26,29H2,1-2H3,(H,54,55)(H,56,62)(H,57,63)/t41-,42-,43+,44-/m0/s1. The van der Waals surface area contributed by atoms with Crippen molar-refractivity contribution in [2.24, 2.45) is 10.9 Å². The first-order chi connectivity index (χ1) is 32.0. The average molecular weight is 900 g/mol. The van der Waals surface area contributed by atoms with E-state index < -0.39 is 55.1 Å². The molecule has 4 amide bonds. The summed E-state index contributed by atoms with van der Waals surface area (Å²) < 4.78 is 45.2. The van der Waals surface area contributed by atoms with Gasteiger partial charge in [0.2, 0.25) is 5.91 Å². The van der Waals surface area contributed by atoms with E-state index in [0.717, 1.165) is 62.0 Å². The number of carbonyl (C=O) groups is 4. The van der Waals surface area contributed by atoms with Crippen LogP contribution in [0.2, 0.25) is 0 Å². The van der Waals surface area contributed by atoms with Crippen LogP contribution in [-0.4, -0.2) is 108 Å². The largest absolute Gasteiger partial charge is 0.453 e. The van der Waals surface area contributed by atoms with Crippen molar-refractivity contribution in [3.05, 3.63) is 120 Å². The number of hydrogen-bond donors (Lipinski definition) is 3. The van der Waals surface area contributed by atoms with Gasteiger partial charge in [0.05, 0.1) is 44.7 Å². The van der Waals surface area contributed by atoms with Crippen LogP contribution in [0.5, 0.6) is 0 Å². The number of allylic oxidation sites excluding steroid dienone is 1. The highest BCUT2D eigenvalue weighted by Gasteiger charge is 2.51. The van der Waals surface area contributed by atoms with Crippen LogP contribution >= 0.6 is 0 Å². The highest BCUT2D eigenvalue weighted by Crippen LogP contribution is 2.39. The minimum atomic E-state index is -3.13. The van der Waals surface area contributed by atoms with Gasteiger partial charge in [0, 0.05) is 50.1 Å². The summed E-state index contributed by atoms with van der Waals surface area (Å²) in [5, 5.41) is 7.41. The van der Waals surface area contributed by atoms with Crippen LogP contribution < -0.4 is 10.6 Å². The molecule has 14 nitrogen and oxygen atoms in total. The van der Waals surface area contributed by atoms with Crippen LogP contribution in [0.3, 0.4) is 0 Å². The molecule has 4 aliphatic heterocycles. The topological polar surface area (TPSA) is 168 Å². The molecular formula is C50H51F2N7O7. The van der Waals surface area contributed by atoms with Gasteiger partial charge in [-0.25, -0.2) is 23.4 Å². The third-order valence-electron chi connectivity index (χ3n) is 13.2. The first-order valence-electron chi connectivity index (χ1n) is 22.2. The Bertz CT molecular complexity index is 2680. The van der Waals surface area contributed by atoms with Crippen molar-refractivity contribution in [3.8, 4) is 22.4 Å². The van der Waals surface area contributed by atoms with Crippen LogP contribution in [0.25, 0.3) is 38.7 Å². The number of methoxy groups -OCH3 is 2. The van der Waals surface area contributed by atoms with Crippen molar-refractivity contribution in [1.29, 1.82) is 0 Å². The number of imidazole rings is 1. The van der Waals surface area contributed by atoms with Gasteiger partial charge in [0.15, 0.2) is 0 Å². The number of carbonyl (C=O) groups excluding carboxylic acids is 4. The number of aromatic amines is 1. The zero-order valence-corrected chi connectivity index (χ0v) is 36.7. The molecule has 0 bridgehead atoms. The summed E-state index contributed by atoms with van der Waals surface area (Å²) in [5.74, 6) is -3.28. The minimum absolute atomic E-state index is 0.0489. The van der Waals surface area contributed by atoms with Crippen molar-refractivity contribution in [2.75, 3.05) is 40.5 Å². The monoisotopic (exact) mass is 899 g/mol. The lowest BCUT2D eigenvalue weighted by Gasteiger charge is -2.34. The van der Waals surface area contributed by atoms with Gasteiger partial charge in [-0.1, -0.05) is 78.9 Å². The van der Waals surface area contributed by atoms with E-state index in [2.05, 4.69) is 50.9 Å². The number of rotatable bonds is 11. The molecule has 4 aromatic carbocycles. The molecule has 0 spiro atoms. The van der Waals surface area contributed by atoms with Crippen molar-refractivity contribution in [3.63, 3.8) is 0 Å². The molecule has 5 heterocycles. The molecule has 66 heavy (non-hydrogen) atoms. The summed E-state index contributed by atoms with van der Waals surface area (Å²) in [5.41, 5.74) is 6.45. The number of nitrogens with zero attached hydrogens (tertiary/aromatic N) is 4. The molecule has 4 aliphatic rings. The van der Waals surface area contributed by atoms with E-state index in [0.29, 0.717) is 56.1 Å². The Morgan fingerprint density at radius 1 is 0.788 bits per heavy atom. The van der Waals surface area contributed by atoms with Crippen LogP contribution in [0.4, 0.5) is 18.4 Å². The zero-order valence-electron chi connectivity index (χ0n) is 36.7. The Labute approximate surface area is 380 Å². The number of ether oxygens (including phenoxy) is 3. The zero-order chi connectivity index (χ0) is 46.0. The number of H-pyrrole nitrogens is 1. The lowest BCUT2D eigenvalue weighted by Crippen LogP contribution is -2.53. The molecule has 1 aromatic heterocycles. The lowest BCUT2D eigenvalue weighted by molar-refractivity contribution is -0.137. The summed E-state index contributed by atoms with van der Waals surface area (Å²) in [4.78, 5) is 68.2. The highest BCUT2D eigenvalue weighted by atomic mass is 19.3. The Morgan fingerprint density at radius 3 is 2.18 bits per heavy atom. The Morgan fingerprint density at radius 2 is 1.45 bits per heavy atom. The van der Waals surface area contributed by atoms with Crippen molar-refractivity contribution < 1.29 is 42.2 Å². The number of alkyl carbamates (subject to hydrolysis) is 2. The van der Waals surface area contributed by atoms with Crippen molar-refractivity contribution in [2.45, 2.75) is 68.6 Å². The van der Waals surface area contributed by atoms with Gasteiger partial charge in [0.1, 0.15) is 17.9 Å². The van der Waals surface area contributed by atoms with Crippen LogP contribution in [0.15, 0.2) is 108 Å². The number of fused-ring (bicyclic) bond motifs is 1. The number of nitrogens with one attached hydrogen (secondary N) is 3. The van der Waals surface area contributed by atoms with Gasteiger partial charge in [0.25, 0.3) is 11.8 Å². The Balaban J connectivity index is 0.857. The molecule has 16 heteroatoms. The lowest BCUT2D eigenvalue weighted by atomic mass is 9.90. The summed E-state index contributed by atoms with van der Waals surface area (Å²) in [6.45, 7) is 0.865. The number of likely N-dealkylation sites (tertiary alicyclic amines) is 2. The number of hydrogen-bond acceptors (Lipinski definition) is 9. The van der Waals surface area contributed by atoms with Gasteiger partial charge in [-0.2, -0.15) is 0 Å². The molecular weight excluding hydrogens is 849 g/mol. The van der Waals surface area contributed by atoms with Gasteiger partial charge in [-0.15, -0.1) is 0 Å². The average Bonchev–Trinajstić information content (AvgIpc) is 4.19. The number of benzene rings is 4. The molecule has 3 fully saturated rings. The fraction of sp³-hybridized carbons (Fsp3) is 0.360. The second-order valence-electron chi connectivity index (χ2n) is 17.3. The van der Waals surface area contributed by atoms with Crippen molar-refractivity contribution >= 4 is 46.1 Å². The maximum Gasteiger partial charge on any atom is 0.407 e.